The van der Waals surface area contributed by atoms with Crippen LogP contribution in [0.4, 0.5) is 11.4 Å². The summed E-state index contributed by atoms with van der Waals surface area (Å²) in [6, 6.07) is 13.6. The van der Waals surface area contributed by atoms with Gasteiger partial charge in [-0.3, -0.25) is 9.52 Å². The fraction of sp³-hybridized carbons (Fsp3) is 0.435. The maximum Gasteiger partial charge on any atom is 0.261 e. The molecule has 2 saturated heterocycles. The van der Waals surface area contributed by atoms with Crippen molar-refractivity contribution in [3.8, 4) is 0 Å². The van der Waals surface area contributed by atoms with Crippen molar-refractivity contribution in [3.05, 3.63) is 54.1 Å². The zero-order valence-electron chi connectivity index (χ0n) is 17.7. The molecule has 0 aliphatic carbocycles. The normalized spacial score (nSPS) is 17.8. The molecule has 8 heteroatoms. The van der Waals surface area contributed by atoms with Gasteiger partial charge in [-0.15, -0.1) is 0 Å². The van der Waals surface area contributed by atoms with Crippen molar-refractivity contribution in [2.75, 3.05) is 48.9 Å². The van der Waals surface area contributed by atoms with Gasteiger partial charge in [-0.2, -0.15) is 0 Å². The van der Waals surface area contributed by atoms with Crippen molar-refractivity contribution in [2.24, 2.45) is 0 Å². The summed E-state index contributed by atoms with van der Waals surface area (Å²) in [5, 5.41) is 3.34. The van der Waals surface area contributed by atoms with Crippen LogP contribution in [0.5, 0.6) is 0 Å². The van der Waals surface area contributed by atoms with Crippen molar-refractivity contribution in [1.82, 2.24) is 10.2 Å². The van der Waals surface area contributed by atoms with Crippen LogP contribution in [-0.2, 0) is 10.0 Å². The first-order valence-corrected chi connectivity index (χ1v) is 12.5. The first kappa shape index (κ1) is 21.6. The first-order chi connectivity index (χ1) is 15.0. The molecule has 0 radical (unpaired) electrons. The van der Waals surface area contributed by atoms with Crippen LogP contribution in [0.15, 0.2) is 53.4 Å². The van der Waals surface area contributed by atoms with Crippen LogP contribution in [-0.4, -0.2) is 58.5 Å². The number of hydrogen-bond acceptors (Lipinski definition) is 5. The molecule has 7 nitrogen and oxygen atoms in total. The summed E-state index contributed by atoms with van der Waals surface area (Å²) in [5.74, 6) is -0.0174. The van der Waals surface area contributed by atoms with Crippen molar-refractivity contribution in [1.29, 1.82) is 0 Å². The van der Waals surface area contributed by atoms with Crippen LogP contribution in [0.3, 0.4) is 0 Å². The molecule has 0 spiro atoms. The molecule has 4 rings (SSSR count). The fourth-order valence-corrected chi connectivity index (χ4v) is 5.28. The molecule has 0 unspecified atom stereocenters. The molecule has 2 aliphatic rings. The number of benzene rings is 2. The predicted molar refractivity (Wildman–Crippen MR) is 123 cm³/mol. The van der Waals surface area contributed by atoms with Gasteiger partial charge >= 0.3 is 0 Å². The summed E-state index contributed by atoms with van der Waals surface area (Å²) in [6.07, 6.45) is 4.31. The molecule has 2 aromatic carbocycles. The third-order valence-corrected chi connectivity index (χ3v) is 7.28. The summed E-state index contributed by atoms with van der Waals surface area (Å²) in [5.41, 5.74) is 1.84. The van der Waals surface area contributed by atoms with E-state index in [1.807, 2.05) is 11.0 Å². The molecule has 2 aromatic rings. The van der Waals surface area contributed by atoms with E-state index in [1.54, 1.807) is 42.5 Å². The Labute approximate surface area is 184 Å². The van der Waals surface area contributed by atoms with Gasteiger partial charge in [-0.1, -0.05) is 31.0 Å². The maximum atomic E-state index is 13.5. The lowest BCUT2D eigenvalue weighted by molar-refractivity contribution is 0.0762. The van der Waals surface area contributed by atoms with E-state index in [9.17, 15) is 13.2 Å². The van der Waals surface area contributed by atoms with E-state index in [2.05, 4.69) is 14.9 Å². The third kappa shape index (κ3) is 5.19. The summed E-state index contributed by atoms with van der Waals surface area (Å²) < 4.78 is 28.2. The Morgan fingerprint density at radius 3 is 2.23 bits per heavy atom. The molecule has 0 atom stereocenters. The van der Waals surface area contributed by atoms with Gasteiger partial charge in [0.25, 0.3) is 15.9 Å². The third-order valence-electron chi connectivity index (χ3n) is 5.88. The molecular formula is C23H30N4O3S. The van der Waals surface area contributed by atoms with Crippen molar-refractivity contribution in [2.45, 2.75) is 30.6 Å². The van der Waals surface area contributed by atoms with Gasteiger partial charge in [0.15, 0.2) is 0 Å². The number of carbonyl (C=O) groups excluding carboxylic acids is 1. The first-order valence-electron chi connectivity index (χ1n) is 11.0. The minimum atomic E-state index is -3.72. The molecule has 0 bridgehead atoms. The minimum absolute atomic E-state index is 0.0174. The Balaban J connectivity index is 1.66. The Kier molecular flexibility index (Phi) is 6.77. The van der Waals surface area contributed by atoms with E-state index in [-0.39, 0.29) is 10.8 Å². The number of hydrogen-bond donors (Lipinski definition) is 2. The molecule has 166 valence electrons. The van der Waals surface area contributed by atoms with Gasteiger partial charge in [-0.25, -0.2) is 8.42 Å². The van der Waals surface area contributed by atoms with Crippen molar-refractivity contribution in [3.63, 3.8) is 0 Å². The highest BCUT2D eigenvalue weighted by atomic mass is 32.2. The molecule has 2 heterocycles. The van der Waals surface area contributed by atoms with Gasteiger partial charge in [0, 0.05) is 50.6 Å². The monoisotopic (exact) mass is 442 g/mol. The highest BCUT2D eigenvalue weighted by Crippen LogP contribution is 2.28. The van der Waals surface area contributed by atoms with Crippen LogP contribution in [0, 0.1) is 0 Å². The summed E-state index contributed by atoms with van der Waals surface area (Å²) in [4.78, 5) is 17.8. The van der Waals surface area contributed by atoms with Crippen LogP contribution in [0.2, 0.25) is 0 Å². The second kappa shape index (κ2) is 9.70. The van der Waals surface area contributed by atoms with E-state index in [4.69, 9.17) is 0 Å². The second-order valence-corrected chi connectivity index (χ2v) is 9.78. The van der Waals surface area contributed by atoms with E-state index < -0.39 is 10.0 Å². The minimum Gasteiger partial charge on any atom is -0.368 e. The molecule has 0 aromatic heterocycles. The highest BCUT2D eigenvalue weighted by molar-refractivity contribution is 7.92. The largest absolute Gasteiger partial charge is 0.368 e. The van der Waals surface area contributed by atoms with Crippen molar-refractivity contribution >= 4 is 27.3 Å². The average molecular weight is 443 g/mol. The summed E-state index contributed by atoms with van der Waals surface area (Å²) in [7, 11) is -3.72. The van der Waals surface area contributed by atoms with Gasteiger partial charge < -0.3 is 15.1 Å². The van der Waals surface area contributed by atoms with E-state index >= 15 is 0 Å². The number of rotatable bonds is 5. The lowest BCUT2D eigenvalue weighted by atomic mass is 10.1. The molecule has 31 heavy (non-hydrogen) atoms. The molecule has 2 aliphatic heterocycles. The molecule has 2 N–H and O–H groups in total. The Morgan fingerprint density at radius 1 is 0.871 bits per heavy atom. The highest BCUT2D eigenvalue weighted by Gasteiger charge is 2.25. The number of sulfonamides is 1. The average Bonchev–Trinajstić information content (AvgIpc) is 3.09. The van der Waals surface area contributed by atoms with Gasteiger partial charge in [-0.05, 0) is 43.2 Å². The zero-order chi connectivity index (χ0) is 21.7. The quantitative estimate of drug-likeness (QED) is 0.744. The van der Waals surface area contributed by atoms with Gasteiger partial charge in [0.2, 0.25) is 0 Å². The van der Waals surface area contributed by atoms with Gasteiger partial charge in [0.05, 0.1) is 10.5 Å². The second-order valence-electron chi connectivity index (χ2n) is 8.09. The lowest BCUT2D eigenvalue weighted by Crippen LogP contribution is -2.44. The fourth-order valence-electron chi connectivity index (χ4n) is 4.21. The lowest BCUT2D eigenvalue weighted by Gasteiger charge is -2.32. The van der Waals surface area contributed by atoms with Crippen LogP contribution in [0.25, 0.3) is 0 Å². The number of piperazine rings is 1. The molecule has 2 fully saturated rings. The Hall–Kier alpha value is -2.58. The van der Waals surface area contributed by atoms with Crippen LogP contribution in [0.1, 0.15) is 36.0 Å². The summed E-state index contributed by atoms with van der Waals surface area (Å²) in [6.45, 7) is 4.85. The number of anilines is 2. The topological polar surface area (TPSA) is 81.8 Å². The SMILES string of the molecule is O=C(c1cc(NS(=O)(=O)c2ccccc2)ccc1N1CCNCC1)N1CCCCCC1. The smallest absolute Gasteiger partial charge is 0.261 e. The van der Waals surface area contributed by atoms with E-state index in [0.717, 1.165) is 70.6 Å². The summed E-state index contributed by atoms with van der Waals surface area (Å²) >= 11 is 0. The molecule has 1 amide bonds. The number of amides is 1. The van der Waals surface area contributed by atoms with Crippen LogP contribution >= 0.6 is 0 Å². The number of carbonyl (C=O) groups is 1. The van der Waals surface area contributed by atoms with Gasteiger partial charge in [0.1, 0.15) is 0 Å². The molecular weight excluding hydrogens is 412 g/mol. The zero-order valence-corrected chi connectivity index (χ0v) is 18.5. The standard InChI is InChI=1S/C23H30N4O3S/c28-23(27-14-6-1-2-7-15-27)21-18-19(10-11-22(21)26-16-12-24-13-17-26)25-31(29,30)20-8-4-3-5-9-20/h3-5,8-11,18,24-25H,1-2,6-7,12-17H2. The predicted octanol–water partition coefficient (Wildman–Crippen LogP) is 2.91. The maximum absolute atomic E-state index is 13.5. The number of nitrogens with one attached hydrogen (secondary N) is 2. The Bertz CT molecular complexity index is 997. The number of nitrogens with zero attached hydrogens (tertiary/aromatic N) is 2. The van der Waals surface area contributed by atoms with E-state index in [1.165, 1.54) is 0 Å². The van der Waals surface area contributed by atoms with E-state index in [0.29, 0.717) is 11.3 Å². The Morgan fingerprint density at radius 2 is 1.55 bits per heavy atom. The van der Waals surface area contributed by atoms with Crippen LogP contribution < -0.4 is 14.9 Å². The molecule has 0 saturated carbocycles. The van der Waals surface area contributed by atoms with Crippen molar-refractivity contribution < 1.29 is 13.2 Å². The number of likely N-dealkylation sites (tertiary alicyclic amines) is 1.